The fourth-order valence-electron chi connectivity index (χ4n) is 6.02. The van der Waals surface area contributed by atoms with Gasteiger partial charge in [0.15, 0.2) is 0 Å². The molecular formula is C39H26N2O. The fraction of sp³-hybridized carbons (Fsp3) is 0. The number of hydrogen-bond acceptors (Lipinski definition) is 1. The number of imidazole rings is 1. The zero-order chi connectivity index (χ0) is 28.0. The maximum Gasteiger partial charge on any atom is 0.338 e. The van der Waals surface area contributed by atoms with Gasteiger partial charge in [-0.2, -0.15) is 0 Å². The van der Waals surface area contributed by atoms with Crippen molar-refractivity contribution < 1.29 is 0 Å². The van der Waals surface area contributed by atoms with Crippen LogP contribution in [0.5, 0.6) is 0 Å². The molecule has 8 aromatic rings. The molecule has 1 heterocycles. The van der Waals surface area contributed by atoms with Crippen LogP contribution in [0.1, 0.15) is 0 Å². The summed E-state index contributed by atoms with van der Waals surface area (Å²) < 4.78 is 3.59. The van der Waals surface area contributed by atoms with E-state index in [1.54, 1.807) is 4.57 Å². The molecule has 0 atom stereocenters. The monoisotopic (exact) mass is 538 g/mol. The third-order valence-electron chi connectivity index (χ3n) is 8.12. The van der Waals surface area contributed by atoms with Gasteiger partial charge >= 0.3 is 5.69 Å². The van der Waals surface area contributed by atoms with Crippen molar-refractivity contribution in [1.29, 1.82) is 0 Å². The van der Waals surface area contributed by atoms with Gasteiger partial charge in [-0.05, 0) is 98.4 Å². The van der Waals surface area contributed by atoms with Gasteiger partial charge in [-0.15, -0.1) is 0 Å². The predicted octanol–water partition coefficient (Wildman–Crippen LogP) is 9.42. The highest BCUT2D eigenvalue weighted by Gasteiger charge is 2.16. The van der Waals surface area contributed by atoms with E-state index in [9.17, 15) is 4.79 Å². The van der Waals surface area contributed by atoms with Gasteiger partial charge in [0.05, 0.1) is 22.4 Å². The van der Waals surface area contributed by atoms with Crippen molar-refractivity contribution >= 4 is 32.6 Å². The lowest BCUT2D eigenvalue weighted by molar-refractivity contribution is 0.931. The van der Waals surface area contributed by atoms with E-state index in [-0.39, 0.29) is 5.69 Å². The summed E-state index contributed by atoms with van der Waals surface area (Å²) in [6, 6.07) is 54.4. The van der Waals surface area contributed by atoms with Crippen molar-refractivity contribution in [2.45, 2.75) is 0 Å². The molecule has 0 spiro atoms. The lowest BCUT2D eigenvalue weighted by Gasteiger charge is -2.10. The van der Waals surface area contributed by atoms with Gasteiger partial charge in [0.2, 0.25) is 0 Å². The van der Waals surface area contributed by atoms with Crippen LogP contribution in [-0.2, 0) is 0 Å². The lowest BCUT2D eigenvalue weighted by atomic mass is 9.96. The smallest absolute Gasteiger partial charge is 0.260 e. The topological polar surface area (TPSA) is 26.9 Å². The third kappa shape index (κ3) is 4.03. The maximum atomic E-state index is 13.9. The predicted molar refractivity (Wildman–Crippen MR) is 175 cm³/mol. The average Bonchev–Trinajstić information content (AvgIpc) is 3.36. The zero-order valence-corrected chi connectivity index (χ0v) is 22.8. The van der Waals surface area contributed by atoms with Crippen LogP contribution in [0.15, 0.2) is 163 Å². The number of benzene rings is 7. The molecular weight excluding hydrogens is 512 g/mol. The van der Waals surface area contributed by atoms with E-state index in [1.165, 1.54) is 32.7 Å². The molecule has 0 saturated heterocycles. The first kappa shape index (κ1) is 24.2. The first-order valence-corrected chi connectivity index (χ1v) is 14.1. The fourth-order valence-corrected chi connectivity index (χ4v) is 6.02. The summed E-state index contributed by atoms with van der Waals surface area (Å²) in [6.45, 7) is 0. The lowest BCUT2D eigenvalue weighted by Crippen LogP contribution is -2.22. The maximum absolute atomic E-state index is 13.9. The Morgan fingerprint density at radius 2 is 0.786 bits per heavy atom. The number of nitrogens with zero attached hydrogens (tertiary/aromatic N) is 2. The van der Waals surface area contributed by atoms with Crippen LogP contribution < -0.4 is 5.69 Å². The molecule has 0 fully saturated rings. The van der Waals surface area contributed by atoms with E-state index in [1.807, 2.05) is 71.3 Å². The molecule has 42 heavy (non-hydrogen) atoms. The van der Waals surface area contributed by atoms with Gasteiger partial charge < -0.3 is 0 Å². The molecule has 0 N–H and O–H groups in total. The summed E-state index contributed by atoms with van der Waals surface area (Å²) in [4.78, 5) is 13.9. The van der Waals surface area contributed by atoms with Gasteiger partial charge in [-0.1, -0.05) is 103 Å². The van der Waals surface area contributed by atoms with Gasteiger partial charge in [-0.3, -0.25) is 9.13 Å². The Morgan fingerprint density at radius 3 is 1.43 bits per heavy atom. The van der Waals surface area contributed by atoms with Crippen molar-refractivity contribution in [3.63, 3.8) is 0 Å². The van der Waals surface area contributed by atoms with Crippen molar-refractivity contribution in [3.05, 3.63) is 168 Å². The minimum atomic E-state index is -0.0840. The SMILES string of the molecule is O=c1n(-c2ccccc2)c2ccccc2n1-c1cccc(-c2ccc3cc(-c4ccc5ccccc5c4)ccc3c2)c1. The molecule has 3 nitrogen and oxygen atoms in total. The summed E-state index contributed by atoms with van der Waals surface area (Å²) in [5.74, 6) is 0. The highest BCUT2D eigenvalue weighted by molar-refractivity contribution is 5.93. The van der Waals surface area contributed by atoms with Crippen LogP contribution in [0.3, 0.4) is 0 Å². The Bertz CT molecular complexity index is 2330. The molecule has 0 radical (unpaired) electrons. The van der Waals surface area contributed by atoms with Gasteiger partial charge in [0.25, 0.3) is 0 Å². The van der Waals surface area contributed by atoms with Gasteiger partial charge in [0, 0.05) is 0 Å². The highest BCUT2D eigenvalue weighted by Crippen LogP contribution is 2.31. The first-order chi connectivity index (χ1) is 20.7. The van der Waals surface area contributed by atoms with Crippen molar-refractivity contribution in [2.24, 2.45) is 0 Å². The molecule has 3 heteroatoms. The largest absolute Gasteiger partial charge is 0.338 e. The highest BCUT2D eigenvalue weighted by atomic mass is 16.1. The average molecular weight is 539 g/mol. The van der Waals surface area contributed by atoms with E-state index in [2.05, 4.69) is 91.0 Å². The van der Waals surface area contributed by atoms with E-state index < -0.39 is 0 Å². The summed E-state index contributed by atoms with van der Waals surface area (Å²) in [5, 5.41) is 4.88. The van der Waals surface area contributed by atoms with Crippen LogP contribution in [0.2, 0.25) is 0 Å². The number of rotatable bonds is 4. The van der Waals surface area contributed by atoms with Crippen LogP contribution in [0, 0.1) is 0 Å². The standard InChI is InChI=1S/C39H26N2O/c42-39-40(35-12-2-1-3-13-35)37-15-6-7-16-38(37)41(39)36-14-8-11-29(26-36)30-19-20-34-25-33(22-21-32(34)24-30)31-18-17-27-9-4-5-10-28(27)23-31/h1-26H. The van der Waals surface area contributed by atoms with E-state index >= 15 is 0 Å². The molecule has 0 bridgehead atoms. The van der Waals surface area contributed by atoms with Gasteiger partial charge in [-0.25, -0.2) is 4.79 Å². The summed E-state index contributed by atoms with van der Waals surface area (Å²) in [7, 11) is 0. The quantitative estimate of drug-likeness (QED) is 0.219. The molecule has 0 amide bonds. The Balaban J connectivity index is 1.19. The third-order valence-corrected chi connectivity index (χ3v) is 8.12. The Kier molecular flexibility index (Phi) is 5.61. The van der Waals surface area contributed by atoms with Crippen LogP contribution in [0.25, 0.3) is 66.2 Å². The second kappa shape index (κ2) is 9.76. The zero-order valence-electron chi connectivity index (χ0n) is 22.8. The molecule has 0 aliphatic heterocycles. The van der Waals surface area contributed by atoms with Crippen LogP contribution in [-0.4, -0.2) is 9.13 Å². The van der Waals surface area contributed by atoms with Crippen molar-refractivity contribution in [3.8, 4) is 33.6 Å². The molecule has 0 saturated carbocycles. The Morgan fingerprint density at radius 1 is 0.333 bits per heavy atom. The summed E-state index contributed by atoms with van der Waals surface area (Å²) in [6.07, 6.45) is 0. The summed E-state index contributed by atoms with van der Waals surface area (Å²) in [5.41, 5.74) is 7.97. The van der Waals surface area contributed by atoms with Crippen molar-refractivity contribution in [1.82, 2.24) is 9.13 Å². The molecule has 1 aromatic heterocycles. The minimum Gasteiger partial charge on any atom is -0.260 e. The molecule has 0 aliphatic rings. The number of hydrogen-bond donors (Lipinski definition) is 0. The number of aromatic nitrogens is 2. The minimum absolute atomic E-state index is 0.0840. The van der Waals surface area contributed by atoms with E-state index in [0.717, 1.165) is 33.5 Å². The molecule has 0 unspecified atom stereocenters. The molecule has 0 aliphatic carbocycles. The second-order valence-electron chi connectivity index (χ2n) is 10.7. The number of para-hydroxylation sites is 3. The Hall–Kier alpha value is -5.67. The molecule has 198 valence electrons. The van der Waals surface area contributed by atoms with Crippen molar-refractivity contribution in [2.75, 3.05) is 0 Å². The number of fused-ring (bicyclic) bond motifs is 3. The van der Waals surface area contributed by atoms with E-state index in [4.69, 9.17) is 0 Å². The van der Waals surface area contributed by atoms with Gasteiger partial charge in [0.1, 0.15) is 0 Å². The van der Waals surface area contributed by atoms with E-state index in [0.29, 0.717) is 0 Å². The first-order valence-electron chi connectivity index (χ1n) is 14.1. The van der Waals surface area contributed by atoms with Crippen LogP contribution in [0.4, 0.5) is 0 Å². The normalized spacial score (nSPS) is 11.4. The van der Waals surface area contributed by atoms with Crippen LogP contribution >= 0.6 is 0 Å². The molecule has 7 aromatic carbocycles. The summed E-state index contributed by atoms with van der Waals surface area (Å²) >= 11 is 0. The second-order valence-corrected chi connectivity index (χ2v) is 10.7. The molecule has 8 rings (SSSR count). The Labute approximate surface area is 243 Å².